The minimum Gasteiger partial charge on any atom is -0.463 e. The number of piperidine rings is 1. The number of esters is 1. The number of rotatable bonds is 4. The van der Waals surface area contributed by atoms with E-state index in [1.54, 1.807) is 15.8 Å². The van der Waals surface area contributed by atoms with E-state index < -0.39 is 5.41 Å². The number of hydrogen-bond donors (Lipinski definition) is 0. The monoisotopic (exact) mass is 307 g/mol. The van der Waals surface area contributed by atoms with Crippen LogP contribution in [0.2, 0.25) is 0 Å². The van der Waals surface area contributed by atoms with Crippen molar-refractivity contribution in [3.8, 4) is 0 Å². The molecule has 22 heavy (non-hydrogen) atoms. The molecule has 0 aliphatic carbocycles. The largest absolute Gasteiger partial charge is 0.463 e. The molecule has 0 N–H and O–H groups in total. The average Bonchev–Trinajstić information content (AvgIpc) is 2.99. The van der Waals surface area contributed by atoms with E-state index >= 15 is 0 Å². The van der Waals surface area contributed by atoms with Gasteiger partial charge in [-0.3, -0.25) is 14.3 Å². The van der Waals surface area contributed by atoms with Gasteiger partial charge in [0.25, 0.3) is 0 Å². The topological polar surface area (TPSA) is 64.4 Å². The van der Waals surface area contributed by atoms with Gasteiger partial charge < -0.3 is 9.64 Å². The summed E-state index contributed by atoms with van der Waals surface area (Å²) < 4.78 is 7.06. The fraction of sp³-hybridized carbons (Fsp3) is 0.688. The van der Waals surface area contributed by atoms with Crippen molar-refractivity contribution < 1.29 is 14.3 Å². The summed E-state index contributed by atoms with van der Waals surface area (Å²) in [6, 6.07) is 1.83. The van der Waals surface area contributed by atoms with Crippen LogP contribution in [-0.2, 0) is 20.9 Å². The lowest BCUT2D eigenvalue weighted by Gasteiger charge is -2.35. The predicted octanol–water partition coefficient (Wildman–Crippen LogP) is 1.71. The van der Waals surface area contributed by atoms with Crippen molar-refractivity contribution in [1.82, 2.24) is 14.7 Å². The van der Waals surface area contributed by atoms with Crippen LogP contribution < -0.4 is 0 Å². The van der Waals surface area contributed by atoms with E-state index in [1.807, 2.05) is 33.0 Å². The molecule has 6 heteroatoms. The summed E-state index contributed by atoms with van der Waals surface area (Å²) in [6.45, 7) is 7.77. The Morgan fingerprint density at radius 1 is 1.36 bits per heavy atom. The lowest BCUT2D eigenvalue weighted by atomic mass is 9.91. The number of carbonyl (C=O) groups is 2. The minimum absolute atomic E-state index is 0.0986. The molecule has 1 aromatic rings. The molecule has 1 unspecified atom stereocenters. The van der Waals surface area contributed by atoms with Crippen molar-refractivity contribution in [2.24, 2.45) is 11.3 Å². The highest BCUT2D eigenvalue weighted by Crippen LogP contribution is 2.24. The summed E-state index contributed by atoms with van der Waals surface area (Å²) in [6.07, 6.45) is 5.16. The lowest BCUT2D eigenvalue weighted by Crippen LogP contribution is -2.47. The van der Waals surface area contributed by atoms with Crippen molar-refractivity contribution in [2.75, 3.05) is 19.7 Å². The molecule has 2 heterocycles. The van der Waals surface area contributed by atoms with Crippen molar-refractivity contribution in [1.29, 1.82) is 0 Å². The average molecular weight is 307 g/mol. The molecule has 1 aromatic heterocycles. The second-order valence-electron chi connectivity index (χ2n) is 6.78. The second-order valence-corrected chi connectivity index (χ2v) is 6.78. The fourth-order valence-corrected chi connectivity index (χ4v) is 2.62. The Morgan fingerprint density at radius 2 is 2.14 bits per heavy atom. The van der Waals surface area contributed by atoms with E-state index in [0.29, 0.717) is 19.7 Å². The van der Waals surface area contributed by atoms with Gasteiger partial charge in [0.15, 0.2) is 0 Å². The van der Waals surface area contributed by atoms with Crippen LogP contribution in [0.5, 0.6) is 0 Å². The van der Waals surface area contributed by atoms with Gasteiger partial charge in [0.2, 0.25) is 5.91 Å². The third-order valence-electron chi connectivity index (χ3n) is 3.81. The van der Waals surface area contributed by atoms with Gasteiger partial charge in [-0.05, 0) is 18.9 Å². The highest BCUT2D eigenvalue weighted by Gasteiger charge is 2.33. The third-order valence-corrected chi connectivity index (χ3v) is 3.81. The van der Waals surface area contributed by atoms with Crippen molar-refractivity contribution in [3.05, 3.63) is 18.5 Å². The molecule has 1 fully saturated rings. The second kappa shape index (κ2) is 6.94. The first-order chi connectivity index (χ1) is 10.4. The number of ether oxygens (including phenoxy) is 1. The maximum atomic E-state index is 12.3. The van der Waals surface area contributed by atoms with Crippen molar-refractivity contribution in [3.63, 3.8) is 0 Å². The van der Waals surface area contributed by atoms with Crippen LogP contribution in [0, 0.1) is 11.3 Å². The SMILES string of the molecule is CC(C)(C)C(=O)N1CCCC(C(=O)OCCn2cccn2)C1. The Labute approximate surface area is 131 Å². The van der Waals surface area contributed by atoms with Crippen LogP contribution in [0.3, 0.4) is 0 Å². The number of nitrogens with zero attached hydrogens (tertiary/aromatic N) is 3. The van der Waals surface area contributed by atoms with E-state index in [4.69, 9.17) is 4.74 Å². The lowest BCUT2D eigenvalue weighted by molar-refractivity contribution is -0.153. The normalized spacial score (nSPS) is 19.0. The summed E-state index contributed by atoms with van der Waals surface area (Å²) in [5.41, 5.74) is -0.411. The van der Waals surface area contributed by atoms with Gasteiger partial charge >= 0.3 is 5.97 Å². The molecule has 2 rings (SSSR count). The summed E-state index contributed by atoms with van der Waals surface area (Å²) in [4.78, 5) is 26.3. The summed E-state index contributed by atoms with van der Waals surface area (Å²) in [7, 11) is 0. The zero-order valence-corrected chi connectivity index (χ0v) is 13.6. The van der Waals surface area contributed by atoms with Gasteiger partial charge in [-0.15, -0.1) is 0 Å². The molecule has 0 aromatic carbocycles. The summed E-state index contributed by atoms with van der Waals surface area (Å²) in [5.74, 6) is -0.322. The van der Waals surface area contributed by atoms with Gasteiger partial charge in [0.1, 0.15) is 6.61 Å². The standard InChI is InChI=1S/C16H25N3O3/c1-16(2,3)15(21)18-8-4-6-13(12-18)14(20)22-11-10-19-9-5-7-17-19/h5,7,9,13H,4,6,8,10-12H2,1-3H3. The van der Waals surface area contributed by atoms with Crippen molar-refractivity contribution in [2.45, 2.75) is 40.2 Å². The number of hydrogen-bond acceptors (Lipinski definition) is 4. The highest BCUT2D eigenvalue weighted by atomic mass is 16.5. The van der Waals surface area contributed by atoms with Crippen LogP contribution >= 0.6 is 0 Å². The van der Waals surface area contributed by atoms with Gasteiger partial charge in [0.05, 0.1) is 12.5 Å². The number of amides is 1. The summed E-state index contributed by atoms with van der Waals surface area (Å²) in [5, 5.41) is 4.06. The van der Waals surface area contributed by atoms with Gasteiger partial charge in [-0.2, -0.15) is 5.10 Å². The van der Waals surface area contributed by atoms with Gasteiger partial charge in [0, 0.05) is 30.9 Å². The van der Waals surface area contributed by atoms with E-state index in [9.17, 15) is 9.59 Å². The first kappa shape index (κ1) is 16.5. The molecule has 1 amide bonds. The molecule has 0 spiro atoms. The Hall–Kier alpha value is -1.85. The van der Waals surface area contributed by atoms with Crippen LogP contribution in [0.15, 0.2) is 18.5 Å². The van der Waals surface area contributed by atoms with E-state index in [0.717, 1.165) is 19.4 Å². The number of likely N-dealkylation sites (tertiary alicyclic amines) is 1. The summed E-state index contributed by atoms with van der Waals surface area (Å²) >= 11 is 0. The molecule has 122 valence electrons. The number of aromatic nitrogens is 2. The van der Waals surface area contributed by atoms with Crippen LogP contribution in [0.25, 0.3) is 0 Å². The maximum absolute atomic E-state index is 12.3. The maximum Gasteiger partial charge on any atom is 0.310 e. The zero-order valence-electron chi connectivity index (χ0n) is 13.6. The molecule has 0 saturated carbocycles. The molecule has 1 saturated heterocycles. The smallest absolute Gasteiger partial charge is 0.310 e. The first-order valence-corrected chi connectivity index (χ1v) is 7.81. The Kier molecular flexibility index (Phi) is 5.21. The van der Waals surface area contributed by atoms with Crippen molar-refractivity contribution >= 4 is 11.9 Å². The molecule has 6 nitrogen and oxygen atoms in total. The van der Waals surface area contributed by atoms with Gasteiger partial charge in [-0.25, -0.2) is 0 Å². The van der Waals surface area contributed by atoms with E-state index in [2.05, 4.69) is 5.10 Å². The zero-order chi connectivity index (χ0) is 16.2. The molecular weight excluding hydrogens is 282 g/mol. The third kappa shape index (κ3) is 4.32. The Morgan fingerprint density at radius 3 is 2.77 bits per heavy atom. The fourth-order valence-electron chi connectivity index (χ4n) is 2.62. The van der Waals surface area contributed by atoms with E-state index in [1.165, 1.54) is 0 Å². The van der Waals surface area contributed by atoms with Crippen LogP contribution in [0.4, 0.5) is 0 Å². The van der Waals surface area contributed by atoms with Crippen LogP contribution in [0.1, 0.15) is 33.6 Å². The highest BCUT2D eigenvalue weighted by molar-refractivity contribution is 5.82. The van der Waals surface area contributed by atoms with Crippen LogP contribution in [-0.4, -0.2) is 46.3 Å². The predicted molar refractivity (Wildman–Crippen MR) is 81.9 cm³/mol. The Balaban J connectivity index is 1.81. The minimum atomic E-state index is -0.411. The number of carbonyl (C=O) groups excluding carboxylic acids is 2. The molecule has 1 aliphatic heterocycles. The molecule has 0 bridgehead atoms. The van der Waals surface area contributed by atoms with E-state index in [-0.39, 0.29) is 17.8 Å². The molecule has 1 atom stereocenters. The molecular formula is C16H25N3O3. The first-order valence-electron chi connectivity index (χ1n) is 7.81. The molecule has 1 aliphatic rings. The molecule has 0 radical (unpaired) electrons. The van der Waals surface area contributed by atoms with Gasteiger partial charge in [-0.1, -0.05) is 20.8 Å². The quantitative estimate of drug-likeness (QED) is 0.794. The Bertz CT molecular complexity index is 505.